The summed E-state index contributed by atoms with van der Waals surface area (Å²) in [6.45, 7) is 19.4. The summed E-state index contributed by atoms with van der Waals surface area (Å²) in [6.07, 6.45) is 10.7. The zero-order valence-corrected chi connectivity index (χ0v) is 18.5. The van der Waals surface area contributed by atoms with E-state index in [9.17, 15) is 0 Å². The molecular weight excluding hydrogens is 348 g/mol. The fraction of sp³-hybridized carbons (Fsp3) is 0.417. The van der Waals surface area contributed by atoms with Gasteiger partial charge in [-0.3, -0.25) is 0 Å². The van der Waals surface area contributed by atoms with Crippen LogP contribution in [0.1, 0.15) is 47.5 Å². The predicted octanol–water partition coefficient (Wildman–Crippen LogP) is 7.36. The van der Waals surface area contributed by atoms with Crippen LogP contribution in [0, 0.1) is 11.3 Å². The van der Waals surface area contributed by atoms with Crippen LogP contribution >= 0.6 is 11.9 Å². The van der Waals surface area contributed by atoms with Crippen LogP contribution in [0.3, 0.4) is 0 Å². The maximum absolute atomic E-state index is 4.24. The summed E-state index contributed by atoms with van der Waals surface area (Å²) in [5, 5.41) is 3.55. The van der Waals surface area contributed by atoms with Gasteiger partial charge in [-0.1, -0.05) is 70.7 Å². The van der Waals surface area contributed by atoms with Crippen LogP contribution in [0.15, 0.2) is 77.9 Å². The Hall–Kier alpha value is -1.87. The third-order valence-electron chi connectivity index (χ3n) is 4.78. The van der Waals surface area contributed by atoms with Gasteiger partial charge in [-0.25, -0.2) is 0 Å². The minimum atomic E-state index is 0.153. The Balaban J connectivity index is 0.00000176. The molecule has 1 aromatic rings. The monoisotopic (exact) mass is 384 g/mol. The molecule has 0 bridgehead atoms. The molecule has 0 saturated heterocycles. The van der Waals surface area contributed by atoms with Crippen molar-refractivity contribution >= 4 is 17.6 Å². The second-order valence-electron chi connectivity index (χ2n) is 6.68. The maximum Gasteiger partial charge on any atom is 0.0516 e. The van der Waals surface area contributed by atoms with Crippen molar-refractivity contribution in [1.82, 2.24) is 4.72 Å². The van der Waals surface area contributed by atoms with E-state index in [1.165, 1.54) is 10.5 Å². The highest BCUT2D eigenvalue weighted by atomic mass is 32.2. The molecule has 1 aliphatic rings. The van der Waals surface area contributed by atoms with Gasteiger partial charge in [0.05, 0.1) is 4.90 Å². The predicted molar refractivity (Wildman–Crippen MR) is 124 cm³/mol. The molecule has 2 N–H and O–H groups in total. The molecule has 2 rings (SSSR count). The Kier molecular flexibility index (Phi) is 10.1. The summed E-state index contributed by atoms with van der Waals surface area (Å²) in [5.41, 5.74) is 3.68. The van der Waals surface area contributed by atoms with Gasteiger partial charge in [-0.05, 0) is 55.3 Å². The third kappa shape index (κ3) is 6.66. The van der Waals surface area contributed by atoms with E-state index in [0.717, 1.165) is 30.8 Å². The molecule has 148 valence electrons. The molecule has 1 aliphatic carbocycles. The van der Waals surface area contributed by atoms with Gasteiger partial charge >= 0.3 is 0 Å². The maximum atomic E-state index is 4.24. The van der Waals surface area contributed by atoms with Crippen LogP contribution in [0.25, 0.3) is 0 Å². The number of hydrogen-bond donors (Lipinski definition) is 2. The number of para-hydroxylation sites is 1. The van der Waals surface area contributed by atoms with E-state index in [2.05, 4.69) is 86.5 Å². The molecule has 0 heterocycles. The molecule has 0 aromatic heterocycles. The minimum Gasteiger partial charge on any atom is -0.380 e. The summed E-state index contributed by atoms with van der Waals surface area (Å²) >= 11 is 1.63. The zero-order chi connectivity index (χ0) is 20.3. The molecular formula is C24H36N2S. The Labute approximate surface area is 171 Å². The van der Waals surface area contributed by atoms with Gasteiger partial charge in [-0.15, -0.1) is 6.58 Å². The average molecular weight is 385 g/mol. The number of nitrogens with one attached hydrogen (secondary N) is 2. The van der Waals surface area contributed by atoms with E-state index in [4.69, 9.17) is 0 Å². The number of allylic oxidation sites excluding steroid dienone is 4. The Bertz CT molecular complexity index is 675. The average Bonchev–Trinajstić information content (AvgIpc) is 3.38. The molecule has 0 spiro atoms. The van der Waals surface area contributed by atoms with Crippen LogP contribution in [0.2, 0.25) is 0 Å². The van der Waals surface area contributed by atoms with E-state index in [0.29, 0.717) is 5.92 Å². The molecule has 2 unspecified atom stereocenters. The van der Waals surface area contributed by atoms with Crippen molar-refractivity contribution in [3.05, 3.63) is 73.0 Å². The number of rotatable bonds is 10. The van der Waals surface area contributed by atoms with Gasteiger partial charge < -0.3 is 10.0 Å². The number of benzene rings is 1. The Morgan fingerprint density at radius 3 is 2.63 bits per heavy atom. The highest BCUT2D eigenvalue weighted by Gasteiger charge is 2.50. The molecule has 1 aromatic carbocycles. The van der Waals surface area contributed by atoms with E-state index in [1.807, 2.05) is 19.9 Å². The van der Waals surface area contributed by atoms with E-state index >= 15 is 0 Å². The molecule has 3 heteroatoms. The first-order valence-electron chi connectivity index (χ1n) is 9.94. The summed E-state index contributed by atoms with van der Waals surface area (Å²) in [6, 6.07) is 8.39. The third-order valence-corrected chi connectivity index (χ3v) is 5.70. The Morgan fingerprint density at radius 2 is 2.04 bits per heavy atom. The van der Waals surface area contributed by atoms with Crippen LogP contribution in [-0.2, 0) is 0 Å². The normalized spacial score (nSPS) is 21.2. The lowest BCUT2D eigenvalue weighted by molar-refractivity contribution is 0.626. The highest BCUT2D eigenvalue weighted by Crippen LogP contribution is 2.57. The molecule has 2 nitrogen and oxygen atoms in total. The van der Waals surface area contributed by atoms with E-state index < -0.39 is 0 Å². The van der Waals surface area contributed by atoms with Crippen molar-refractivity contribution in [2.24, 2.45) is 11.3 Å². The van der Waals surface area contributed by atoms with Crippen molar-refractivity contribution in [3.8, 4) is 0 Å². The standard InChI is InChI=1S/C22H30N2S.C2H6/c1-6-11-18(12-7-2)16-23-20-13-9-10-14-21(20)25-24-17(4)22(5)15-19(22)8-3;1-2/h6,8-14,19,23-24H,3-4,7,15-16H2,1-2,5H3;1-2H3/b11-6-,18-12+;. The first kappa shape index (κ1) is 23.2. The minimum absolute atomic E-state index is 0.153. The van der Waals surface area contributed by atoms with Crippen LogP contribution in [0.5, 0.6) is 0 Å². The SMILES string of the molecule is C=CC1CC1(C)C(=C)NSc1ccccc1NCC(/C=C\C)=C/CC.CC. The molecule has 2 atom stereocenters. The fourth-order valence-corrected chi connectivity index (χ4v) is 3.76. The van der Waals surface area contributed by atoms with Gasteiger partial charge in [0.25, 0.3) is 0 Å². The first-order valence-corrected chi connectivity index (χ1v) is 10.8. The Morgan fingerprint density at radius 1 is 1.33 bits per heavy atom. The largest absolute Gasteiger partial charge is 0.380 e. The van der Waals surface area contributed by atoms with Crippen molar-refractivity contribution in [3.63, 3.8) is 0 Å². The summed E-state index contributed by atoms with van der Waals surface area (Å²) in [4.78, 5) is 1.18. The van der Waals surface area contributed by atoms with Gasteiger partial charge in [0, 0.05) is 23.3 Å². The number of anilines is 1. The van der Waals surface area contributed by atoms with Crippen molar-refractivity contribution in [2.45, 2.75) is 52.4 Å². The molecule has 0 radical (unpaired) electrons. The van der Waals surface area contributed by atoms with Crippen molar-refractivity contribution in [2.75, 3.05) is 11.9 Å². The van der Waals surface area contributed by atoms with Crippen LogP contribution in [-0.4, -0.2) is 6.54 Å². The van der Waals surface area contributed by atoms with Crippen LogP contribution < -0.4 is 10.0 Å². The molecule has 1 fully saturated rings. The first-order chi connectivity index (χ1) is 13.0. The quantitative estimate of drug-likeness (QED) is 0.250. The van der Waals surface area contributed by atoms with Gasteiger partial charge in [0.15, 0.2) is 0 Å². The summed E-state index contributed by atoms with van der Waals surface area (Å²) in [7, 11) is 0. The summed E-state index contributed by atoms with van der Waals surface area (Å²) in [5.74, 6) is 0.545. The van der Waals surface area contributed by atoms with Crippen molar-refractivity contribution < 1.29 is 0 Å². The molecule has 0 amide bonds. The number of hydrogen-bond acceptors (Lipinski definition) is 3. The molecule has 27 heavy (non-hydrogen) atoms. The highest BCUT2D eigenvalue weighted by molar-refractivity contribution is 7.97. The molecule has 1 saturated carbocycles. The smallest absolute Gasteiger partial charge is 0.0516 e. The second kappa shape index (κ2) is 11.8. The van der Waals surface area contributed by atoms with Gasteiger partial charge in [-0.2, -0.15) is 0 Å². The lowest BCUT2D eigenvalue weighted by Crippen LogP contribution is -2.13. The fourth-order valence-electron chi connectivity index (χ4n) is 2.90. The summed E-state index contributed by atoms with van der Waals surface area (Å²) < 4.78 is 3.45. The lowest BCUT2D eigenvalue weighted by Gasteiger charge is -2.18. The van der Waals surface area contributed by atoms with Gasteiger partial charge in [0.1, 0.15) is 0 Å². The lowest BCUT2D eigenvalue weighted by atomic mass is 10.0. The van der Waals surface area contributed by atoms with Crippen LogP contribution in [0.4, 0.5) is 5.69 Å². The van der Waals surface area contributed by atoms with Crippen molar-refractivity contribution in [1.29, 1.82) is 0 Å². The zero-order valence-electron chi connectivity index (χ0n) is 17.6. The van der Waals surface area contributed by atoms with E-state index in [-0.39, 0.29) is 5.41 Å². The molecule has 0 aliphatic heterocycles. The topological polar surface area (TPSA) is 24.1 Å². The van der Waals surface area contributed by atoms with E-state index in [1.54, 1.807) is 11.9 Å². The second-order valence-corrected chi connectivity index (χ2v) is 7.53. The van der Waals surface area contributed by atoms with Gasteiger partial charge in [0.2, 0.25) is 0 Å².